The Bertz CT molecular complexity index is 1140. The molecule has 2 saturated heterocycles. The second-order valence-electron chi connectivity index (χ2n) is 9.99. The third-order valence-electron chi connectivity index (χ3n) is 7.98. The van der Waals surface area contributed by atoms with Gasteiger partial charge in [0.05, 0.1) is 0 Å². The summed E-state index contributed by atoms with van der Waals surface area (Å²) in [7, 11) is 0. The fraction of sp³-hybridized carbons (Fsp3) is 0.462. The van der Waals surface area contributed by atoms with Gasteiger partial charge in [0, 0.05) is 23.7 Å². The molecule has 2 aromatic carbocycles. The molecule has 1 aliphatic carbocycles. The Hall–Kier alpha value is -2.77. The van der Waals surface area contributed by atoms with Gasteiger partial charge in [-0.2, -0.15) is 0 Å². The van der Waals surface area contributed by atoms with E-state index in [1.54, 1.807) is 0 Å². The molecule has 34 heavy (non-hydrogen) atoms. The molecule has 7 nitrogen and oxygen atoms in total. The molecule has 0 bridgehead atoms. The van der Waals surface area contributed by atoms with Crippen molar-refractivity contribution in [1.29, 1.82) is 0 Å². The van der Waals surface area contributed by atoms with Gasteiger partial charge in [0.25, 0.3) is 5.91 Å². The van der Waals surface area contributed by atoms with E-state index in [2.05, 4.69) is 22.3 Å². The van der Waals surface area contributed by atoms with Crippen LogP contribution in [-0.2, 0) is 24.2 Å². The van der Waals surface area contributed by atoms with E-state index in [0.717, 1.165) is 50.1 Å². The number of fused-ring (bicyclic) bond motifs is 2. The highest BCUT2D eigenvalue weighted by Crippen LogP contribution is 2.39. The lowest BCUT2D eigenvalue weighted by Gasteiger charge is -2.39. The normalized spacial score (nSPS) is 25.2. The number of halogens is 1. The van der Waals surface area contributed by atoms with Crippen molar-refractivity contribution in [3.8, 4) is 11.5 Å². The predicted molar refractivity (Wildman–Crippen MR) is 127 cm³/mol. The number of hydrogen-bond donors (Lipinski definition) is 1. The molecule has 3 aliphatic heterocycles. The summed E-state index contributed by atoms with van der Waals surface area (Å²) in [5.41, 5.74) is 2.62. The van der Waals surface area contributed by atoms with Crippen molar-refractivity contribution in [2.24, 2.45) is 5.92 Å². The van der Waals surface area contributed by atoms with E-state index in [0.29, 0.717) is 17.3 Å². The van der Waals surface area contributed by atoms with Gasteiger partial charge in [0.15, 0.2) is 11.5 Å². The minimum absolute atomic E-state index is 0.0763. The van der Waals surface area contributed by atoms with Crippen molar-refractivity contribution < 1.29 is 19.1 Å². The molecule has 178 valence electrons. The number of benzene rings is 2. The molecule has 0 saturated carbocycles. The first-order valence-corrected chi connectivity index (χ1v) is 12.3. The fourth-order valence-electron chi connectivity index (χ4n) is 5.99. The standard InChI is InChI=1S/C26H28ClN3O4/c1-26(24(31)30(25(32)28-26)20-10-16-4-2-3-5-17(16)11-20)19-6-8-29(9-7-19)14-18-12-22-23(13-21(18)27)34-15-33-22/h2-5,12-13,19-20H,6-11,14-15H2,1H3,(H,28,32)/t26-/m0/s1. The topological polar surface area (TPSA) is 71.1 Å². The third kappa shape index (κ3) is 3.53. The van der Waals surface area contributed by atoms with Crippen molar-refractivity contribution in [3.63, 3.8) is 0 Å². The molecule has 0 unspecified atom stereocenters. The molecular weight excluding hydrogens is 454 g/mol. The van der Waals surface area contributed by atoms with Crippen LogP contribution < -0.4 is 14.8 Å². The quantitative estimate of drug-likeness (QED) is 0.673. The van der Waals surface area contributed by atoms with Gasteiger partial charge in [-0.15, -0.1) is 0 Å². The van der Waals surface area contributed by atoms with Crippen molar-refractivity contribution in [2.45, 2.75) is 50.7 Å². The summed E-state index contributed by atoms with van der Waals surface area (Å²) in [6.07, 6.45) is 3.15. The van der Waals surface area contributed by atoms with Crippen LogP contribution in [0.15, 0.2) is 36.4 Å². The molecule has 2 fully saturated rings. The Labute approximate surface area is 203 Å². The number of amides is 3. The fourth-order valence-corrected chi connectivity index (χ4v) is 6.21. The van der Waals surface area contributed by atoms with Gasteiger partial charge in [0.2, 0.25) is 6.79 Å². The molecule has 2 aromatic rings. The molecule has 3 heterocycles. The average molecular weight is 482 g/mol. The number of carbonyl (C=O) groups excluding carboxylic acids is 2. The van der Waals surface area contributed by atoms with Gasteiger partial charge >= 0.3 is 6.03 Å². The summed E-state index contributed by atoms with van der Waals surface area (Å²) in [6.45, 7) is 4.52. The highest BCUT2D eigenvalue weighted by molar-refractivity contribution is 6.31. The van der Waals surface area contributed by atoms with Gasteiger partial charge < -0.3 is 14.8 Å². The highest BCUT2D eigenvalue weighted by Gasteiger charge is 2.55. The molecule has 1 atom stereocenters. The number of hydrogen-bond acceptors (Lipinski definition) is 5. The van der Waals surface area contributed by atoms with E-state index in [4.69, 9.17) is 21.1 Å². The monoisotopic (exact) mass is 481 g/mol. The highest BCUT2D eigenvalue weighted by atomic mass is 35.5. The van der Waals surface area contributed by atoms with Gasteiger partial charge in [-0.1, -0.05) is 35.9 Å². The minimum Gasteiger partial charge on any atom is -0.454 e. The molecule has 0 spiro atoms. The van der Waals surface area contributed by atoms with Crippen molar-refractivity contribution in [1.82, 2.24) is 15.1 Å². The van der Waals surface area contributed by atoms with Crippen molar-refractivity contribution >= 4 is 23.5 Å². The molecule has 0 radical (unpaired) electrons. The van der Waals surface area contributed by atoms with Crippen molar-refractivity contribution in [3.05, 3.63) is 58.1 Å². The summed E-state index contributed by atoms with van der Waals surface area (Å²) in [4.78, 5) is 30.4. The molecule has 3 amide bonds. The first kappa shape index (κ1) is 21.7. The van der Waals surface area contributed by atoms with Crippen LogP contribution in [0.4, 0.5) is 4.79 Å². The smallest absolute Gasteiger partial charge is 0.325 e. The van der Waals surface area contributed by atoms with E-state index in [-0.39, 0.29) is 30.7 Å². The van der Waals surface area contributed by atoms with Crippen LogP contribution in [0.2, 0.25) is 5.02 Å². The lowest BCUT2D eigenvalue weighted by molar-refractivity contribution is -0.134. The second-order valence-corrected chi connectivity index (χ2v) is 10.4. The summed E-state index contributed by atoms with van der Waals surface area (Å²) >= 11 is 6.47. The minimum atomic E-state index is -0.853. The Balaban J connectivity index is 1.11. The van der Waals surface area contributed by atoms with Crippen LogP contribution in [0.3, 0.4) is 0 Å². The van der Waals surface area contributed by atoms with Gasteiger partial charge in [0.1, 0.15) is 5.54 Å². The number of nitrogens with zero attached hydrogens (tertiary/aromatic N) is 2. The first-order chi connectivity index (χ1) is 16.4. The van der Waals surface area contributed by atoms with E-state index in [9.17, 15) is 9.59 Å². The summed E-state index contributed by atoms with van der Waals surface area (Å²) in [6, 6.07) is 11.6. The van der Waals surface area contributed by atoms with E-state index < -0.39 is 5.54 Å². The van der Waals surface area contributed by atoms with Crippen LogP contribution in [-0.4, -0.2) is 53.2 Å². The second kappa shape index (κ2) is 8.17. The van der Waals surface area contributed by atoms with Crippen LogP contribution >= 0.6 is 11.6 Å². The number of nitrogens with one attached hydrogen (secondary N) is 1. The van der Waals surface area contributed by atoms with Gasteiger partial charge in [-0.05, 0) is 74.4 Å². The van der Waals surface area contributed by atoms with Crippen LogP contribution in [0.1, 0.15) is 36.5 Å². The van der Waals surface area contributed by atoms with Crippen LogP contribution in [0.25, 0.3) is 0 Å². The number of urea groups is 1. The SMILES string of the molecule is C[C@@]1(C2CCN(Cc3cc4c(cc3Cl)OCO4)CC2)NC(=O)N(C2Cc3ccccc3C2)C1=O. The van der Waals surface area contributed by atoms with Crippen LogP contribution in [0.5, 0.6) is 11.5 Å². The third-order valence-corrected chi connectivity index (χ3v) is 8.33. The number of carbonyl (C=O) groups is 2. The number of ether oxygens (including phenoxy) is 2. The van der Waals surface area contributed by atoms with E-state index in [1.807, 2.05) is 31.2 Å². The zero-order valence-corrected chi connectivity index (χ0v) is 19.9. The molecule has 6 rings (SSSR count). The maximum Gasteiger partial charge on any atom is 0.325 e. The summed E-state index contributed by atoms with van der Waals surface area (Å²) in [5.74, 6) is 1.44. The Morgan fingerprint density at radius 1 is 1.06 bits per heavy atom. The van der Waals surface area contributed by atoms with Gasteiger partial charge in [-0.25, -0.2) is 4.79 Å². The number of imide groups is 1. The lowest BCUT2D eigenvalue weighted by atomic mass is 9.78. The van der Waals surface area contributed by atoms with Crippen LogP contribution in [0, 0.1) is 5.92 Å². The molecule has 8 heteroatoms. The van der Waals surface area contributed by atoms with E-state index >= 15 is 0 Å². The Morgan fingerprint density at radius 2 is 1.71 bits per heavy atom. The molecule has 1 N–H and O–H groups in total. The number of likely N-dealkylation sites (tertiary alicyclic amines) is 1. The summed E-state index contributed by atoms with van der Waals surface area (Å²) in [5, 5.41) is 3.74. The van der Waals surface area contributed by atoms with Gasteiger partial charge in [-0.3, -0.25) is 14.6 Å². The maximum absolute atomic E-state index is 13.6. The zero-order valence-electron chi connectivity index (χ0n) is 19.2. The number of rotatable bonds is 4. The Morgan fingerprint density at radius 3 is 2.38 bits per heavy atom. The largest absolute Gasteiger partial charge is 0.454 e. The first-order valence-electron chi connectivity index (χ1n) is 12.0. The maximum atomic E-state index is 13.6. The number of piperidine rings is 1. The molecular formula is C26H28ClN3O4. The lowest BCUT2D eigenvalue weighted by Crippen LogP contribution is -2.54. The van der Waals surface area contributed by atoms with E-state index in [1.165, 1.54) is 16.0 Å². The predicted octanol–water partition coefficient (Wildman–Crippen LogP) is 3.76. The Kier molecular flexibility index (Phi) is 5.22. The molecule has 4 aliphatic rings. The zero-order chi connectivity index (χ0) is 23.4. The van der Waals surface area contributed by atoms with Crippen molar-refractivity contribution in [2.75, 3.05) is 19.9 Å². The average Bonchev–Trinajstić information content (AvgIpc) is 3.51. The summed E-state index contributed by atoms with van der Waals surface area (Å²) < 4.78 is 10.9. The molecule has 0 aromatic heterocycles.